The second-order valence-corrected chi connectivity index (χ2v) is 3.71. The number of amidine groups is 1. The lowest BCUT2D eigenvalue weighted by molar-refractivity contribution is 1.16. The van der Waals surface area contributed by atoms with Gasteiger partial charge < -0.3 is 10.6 Å². The molecule has 0 bridgehead atoms. The third kappa shape index (κ3) is 2.42. The molecule has 0 saturated carbocycles. The first-order valence-corrected chi connectivity index (χ1v) is 5.27. The van der Waals surface area contributed by atoms with E-state index < -0.39 is 0 Å². The number of nitrogens with zero attached hydrogens (tertiary/aromatic N) is 2. The SMILES string of the molecule is CN(c1ccccc1)c1ccc(C(=N)N)nc1. The van der Waals surface area contributed by atoms with Crippen molar-refractivity contribution in [3.8, 4) is 0 Å². The molecule has 0 fully saturated rings. The second kappa shape index (κ2) is 4.65. The smallest absolute Gasteiger partial charge is 0.141 e. The molecule has 0 aliphatic heterocycles. The number of benzene rings is 1. The van der Waals surface area contributed by atoms with E-state index in [0.717, 1.165) is 11.4 Å². The summed E-state index contributed by atoms with van der Waals surface area (Å²) in [5, 5.41) is 7.28. The van der Waals surface area contributed by atoms with E-state index in [1.165, 1.54) is 0 Å². The molecule has 0 saturated heterocycles. The molecule has 3 N–H and O–H groups in total. The van der Waals surface area contributed by atoms with E-state index in [9.17, 15) is 0 Å². The Kier molecular flexibility index (Phi) is 3.05. The molecular weight excluding hydrogens is 212 g/mol. The minimum absolute atomic E-state index is 0.0149. The first-order valence-electron chi connectivity index (χ1n) is 5.27. The fourth-order valence-electron chi connectivity index (χ4n) is 1.54. The average molecular weight is 226 g/mol. The minimum Gasteiger partial charge on any atom is -0.382 e. The van der Waals surface area contributed by atoms with Crippen LogP contribution in [0.15, 0.2) is 48.7 Å². The van der Waals surface area contributed by atoms with Gasteiger partial charge >= 0.3 is 0 Å². The predicted molar refractivity (Wildman–Crippen MR) is 69.8 cm³/mol. The number of nitrogen functional groups attached to an aromatic ring is 1. The van der Waals surface area contributed by atoms with Crippen LogP contribution in [0, 0.1) is 5.41 Å². The molecule has 2 rings (SSSR count). The highest BCUT2D eigenvalue weighted by molar-refractivity contribution is 5.93. The maximum atomic E-state index is 7.28. The van der Waals surface area contributed by atoms with Crippen LogP contribution in [0.3, 0.4) is 0 Å². The number of para-hydroxylation sites is 1. The highest BCUT2D eigenvalue weighted by Gasteiger charge is 2.04. The molecule has 4 nitrogen and oxygen atoms in total. The molecule has 0 spiro atoms. The number of rotatable bonds is 3. The highest BCUT2D eigenvalue weighted by atomic mass is 15.1. The van der Waals surface area contributed by atoms with Crippen LogP contribution in [0.4, 0.5) is 11.4 Å². The Hall–Kier alpha value is -2.36. The van der Waals surface area contributed by atoms with E-state index in [1.54, 1.807) is 12.3 Å². The quantitative estimate of drug-likeness (QED) is 0.622. The lowest BCUT2D eigenvalue weighted by Gasteiger charge is -2.19. The van der Waals surface area contributed by atoms with E-state index in [2.05, 4.69) is 4.98 Å². The summed E-state index contributed by atoms with van der Waals surface area (Å²) in [6.45, 7) is 0. The maximum Gasteiger partial charge on any atom is 0.141 e. The minimum atomic E-state index is -0.0149. The molecule has 17 heavy (non-hydrogen) atoms. The second-order valence-electron chi connectivity index (χ2n) is 3.71. The summed E-state index contributed by atoms with van der Waals surface area (Å²) in [5.74, 6) is -0.0149. The topological polar surface area (TPSA) is 66.0 Å². The number of hydrogen-bond donors (Lipinski definition) is 2. The molecule has 0 unspecified atom stereocenters. The summed E-state index contributed by atoms with van der Waals surface area (Å²) in [5.41, 5.74) is 7.90. The molecule has 1 aromatic heterocycles. The molecule has 86 valence electrons. The Balaban J connectivity index is 2.26. The van der Waals surface area contributed by atoms with Gasteiger partial charge in [-0.15, -0.1) is 0 Å². The van der Waals surface area contributed by atoms with Crippen LogP contribution in [0.5, 0.6) is 0 Å². The number of hydrogen-bond acceptors (Lipinski definition) is 3. The first-order chi connectivity index (χ1) is 8.18. The summed E-state index contributed by atoms with van der Waals surface area (Å²) in [6, 6.07) is 13.7. The van der Waals surface area contributed by atoms with Gasteiger partial charge in [-0.3, -0.25) is 10.4 Å². The number of nitrogens with one attached hydrogen (secondary N) is 1. The van der Waals surface area contributed by atoms with E-state index in [1.807, 2.05) is 48.3 Å². The predicted octanol–water partition coefficient (Wildman–Crippen LogP) is 2.13. The molecule has 0 atom stereocenters. The normalized spacial score (nSPS) is 9.94. The van der Waals surface area contributed by atoms with Crippen molar-refractivity contribution in [3.63, 3.8) is 0 Å². The van der Waals surface area contributed by atoms with Crippen LogP contribution >= 0.6 is 0 Å². The van der Waals surface area contributed by atoms with Gasteiger partial charge in [-0.2, -0.15) is 0 Å². The Morgan fingerprint density at radius 2 is 1.82 bits per heavy atom. The van der Waals surface area contributed by atoms with Crippen molar-refractivity contribution in [1.82, 2.24) is 4.98 Å². The Morgan fingerprint density at radius 3 is 2.35 bits per heavy atom. The van der Waals surface area contributed by atoms with Crippen molar-refractivity contribution >= 4 is 17.2 Å². The van der Waals surface area contributed by atoms with Crippen molar-refractivity contribution in [2.75, 3.05) is 11.9 Å². The van der Waals surface area contributed by atoms with Gasteiger partial charge in [0.15, 0.2) is 0 Å². The van der Waals surface area contributed by atoms with Gasteiger partial charge in [-0.05, 0) is 24.3 Å². The van der Waals surface area contributed by atoms with Crippen LogP contribution in [-0.2, 0) is 0 Å². The Morgan fingerprint density at radius 1 is 1.12 bits per heavy atom. The Bertz CT molecular complexity index is 505. The van der Waals surface area contributed by atoms with Crippen LogP contribution in [0.25, 0.3) is 0 Å². The zero-order valence-electron chi connectivity index (χ0n) is 9.59. The van der Waals surface area contributed by atoms with Gasteiger partial charge in [-0.1, -0.05) is 18.2 Å². The highest BCUT2D eigenvalue weighted by Crippen LogP contribution is 2.21. The first kappa shape index (κ1) is 11.1. The van der Waals surface area contributed by atoms with Gasteiger partial charge in [0.05, 0.1) is 11.9 Å². The largest absolute Gasteiger partial charge is 0.382 e. The van der Waals surface area contributed by atoms with Crippen LogP contribution < -0.4 is 10.6 Å². The monoisotopic (exact) mass is 226 g/mol. The van der Waals surface area contributed by atoms with E-state index in [4.69, 9.17) is 11.1 Å². The van der Waals surface area contributed by atoms with Gasteiger partial charge in [0, 0.05) is 12.7 Å². The zero-order valence-corrected chi connectivity index (χ0v) is 9.59. The van der Waals surface area contributed by atoms with Gasteiger partial charge in [-0.25, -0.2) is 0 Å². The fraction of sp³-hybridized carbons (Fsp3) is 0.0769. The number of nitrogens with two attached hydrogens (primary N) is 1. The molecular formula is C13H14N4. The van der Waals surface area contributed by atoms with Crippen LogP contribution in [0.2, 0.25) is 0 Å². The summed E-state index contributed by atoms with van der Waals surface area (Å²) in [6.07, 6.45) is 1.71. The lowest BCUT2D eigenvalue weighted by atomic mass is 10.2. The Labute approximate surface area is 100 Å². The lowest BCUT2D eigenvalue weighted by Crippen LogP contribution is -2.14. The number of pyridine rings is 1. The zero-order chi connectivity index (χ0) is 12.3. The van der Waals surface area contributed by atoms with Gasteiger partial charge in [0.2, 0.25) is 0 Å². The maximum absolute atomic E-state index is 7.28. The van der Waals surface area contributed by atoms with Crippen molar-refractivity contribution in [2.24, 2.45) is 5.73 Å². The van der Waals surface area contributed by atoms with Gasteiger partial charge in [0.25, 0.3) is 0 Å². The van der Waals surface area contributed by atoms with Crippen molar-refractivity contribution in [1.29, 1.82) is 5.41 Å². The van der Waals surface area contributed by atoms with E-state index in [-0.39, 0.29) is 5.84 Å². The summed E-state index contributed by atoms with van der Waals surface area (Å²) >= 11 is 0. The third-order valence-electron chi connectivity index (χ3n) is 2.55. The summed E-state index contributed by atoms with van der Waals surface area (Å²) in [7, 11) is 1.97. The number of anilines is 2. The van der Waals surface area contributed by atoms with Crippen LogP contribution in [0.1, 0.15) is 5.69 Å². The molecule has 1 aromatic carbocycles. The molecule has 0 amide bonds. The fourth-order valence-corrected chi connectivity index (χ4v) is 1.54. The molecule has 2 aromatic rings. The van der Waals surface area contributed by atoms with E-state index in [0.29, 0.717) is 5.69 Å². The van der Waals surface area contributed by atoms with E-state index >= 15 is 0 Å². The van der Waals surface area contributed by atoms with Gasteiger partial charge in [0.1, 0.15) is 11.5 Å². The number of aromatic nitrogens is 1. The molecule has 0 aliphatic carbocycles. The molecule has 0 radical (unpaired) electrons. The summed E-state index contributed by atoms with van der Waals surface area (Å²) in [4.78, 5) is 6.16. The van der Waals surface area contributed by atoms with Crippen molar-refractivity contribution in [2.45, 2.75) is 0 Å². The average Bonchev–Trinajstić information content (AvgIpc) is 2.39. The molecule has 0 aliphatic rings. The molecule has 4 heteroatoms. The standard InChI is InChI=1S/C13H14N4/c1-17(10-5-3-2-4-6-10)11-7-8-12(13(14)15)16-9-11/h2-9H,1H3,(H3,14,15). The molecule has 1 heterocycles. The van der Waals surface area contributed by atoms with Crippen molar-refractivity contribution < 1.29 is 0 Å². The van der Waals surface area contributed by atoms with Crippen molar-refractivity contribution in [3.05, 3.63) is 54.4 Å². The van der Waals surface area contributed by atoms with Crippen LogP contribution in [-0.4, -0.2) is 17.9 Å². The third-order valence-corrected chi connectivity index (χ3v) is 2.55. The summed E-state index contributed by atoms with van der Waals surface area (Å²) < 4.78 is 0.